The highest BCUT2D eigenvalue weighted by Gasteiger charge is 2.41. The maximum absolute atomic E-state index is 14.2. The summed E-state index contributed by atoms with van der Waals surface area (Å²) in [6.07, 6.45) is 2.61. The molecule has 1 saturated heterocycles. The zero-order valence-corrected chi connectivity index (χ0v) is 28.2. The Morgan fingerprint density at radius 3 is 2.56 bits per heavy atom. The minimum Gasteiger partial charge on any atom is -0.496 e. The fourth-order valence-electron chi connectivity index (χ4n) is 5.68. The van der Waals surface area contributed by atoms with Crippen LogP contribution in [0.4, 0.5) is 10.5 Å². The van der Waals surface area contributed by atoms with Gasteiger partial charge in [-0.3, -0.25) is 14.5 Å². The Labute approximate surface area is 286 Å². The van der Waals surface area contributed by atoms with Crippen LogP contribution in [0.2, 0.25) is 5.02 Å². The minimum atomic E-state index is -0.703. The van der Waals surface area contributed by atoms with Crippen molar-refractivity contribution in [1.29, 1.82) is 0 Å². The van der Waals surface area contributed by atoms with Crippen LogP contribution in [0.25, 0.3) is 0 Å². The zero-order chi connectivity index (χ0) is 33.9. The Balaban J connectivity index is 1.18. The van der Waals surface area contributed by atoms with Crippen LogP contribution in [0.3, 0.4) is 0 Å². The monoisotopic (exact) mass is 678 g/mol. The molecule has 1 saturated carbocycles. The summed E-state index contributed by atoms with van der Waals surface area (Å²) < 4.78 is 21.7. The topological polar surface area (TPSA) is 119 Å². The predicted octanol–water partition coefficient (Wildman–Crippen LogP) is 4.73. The van der Waals surface area contributed by atoms with Crippen molar-refractivity contribution in [3.05, 3.63) is 88.4 Å². The Kier molecular flexibility index (Phi) is 12.5. The average molecular weight is 679 g/mol. The number of carbonyl (C=O) groups is 3. The third-order valence-electron chi connectivity index (χ3n) is 8.34. The summed E-state index contributed by atoms with van der Waals surface area (Å²) in [5.74, 6) is 1.18. The van der Waals surface area contributed by atoms with Crippen molar-refractivity contribution in [1.82, 2.24) is 15.5 Å². The third kappa shape index (κ3) is 9.40. The number of ether oxygens (including phenoxy) is 4. The van der Waals surface area contributed by atoms with E-state index in [9.17, 15) is 14.4 Å². The first-order valence-electron chi connectivity index (χ1n) is 16.2. The van der Waals surface area contributed by atoms with Crippen LogP contribution in [0.15, 0.2) is 66.7 Å². The first-order valence-corrected chi connectivity index (χ1v) is 16.6. The normalized spacial score (nSPS) is 15.9. The summed E-state index contributed by atoms with van der Waals surface area (Å²) in [6, 6.07) is 20.1. The summed E-state index contributed by atoms with van der Waals surface area (Å²) in [6.45, 7) is 2.70. The Morgan fingerprint density at radius 1 is 1.02 bits per heavy atom. The standard InChI is InChI=1S/C36H43ClN4O7/c1-45-33-7-4-3-6-26(33)24-47-18-5-19-48-30-13-11-29(12-14-30)41-32(21-38-22-34(41)42)35(43)40(28-9-10-28)23-27-20-25(8-15-31(27)37)16-17-39-36(44)46-2/h3-4,6-8,11-15,20,28,32,38H,5,9-10,16-19,21-24H2,1-2H3,(H,39,44)/t32-/m1/s1. The molecule has 256 valence electrons. The van der Waals surface area contributed by atoms with Gasteiger partial charge < -0.3 is 34.5 Å². The van der Waals surface area contributed by atoms with E-state index >= 15 is 0 Å². The van der Waals surface area contributed by atoms with Crippen molar-refractivity contribution in [3.8, 4) is 11.5 Å². The summed E-state index contributed by atoms with van der Waals surface area (Å²) in [4.78, 5) is 42.3. The van der Waals surface area contributed by atoms with Crippen LogP contribution in [0.5, 0.6) is 11.5 Å². The number of halogens is 1. The van der Waals surface area contributed by atoms with E-state index in [1.807, 2.05) is 71.6 Å². The van der Waals surface area contributed by atoms with Gasteiger partial charge in [-0.1, -0.05) is 41.9 Å². The zero-order valence-electron chi connectivity index (χ0n) is 27.4. The second-order valence-corrected chi connectivity index (χ2v) is 12.2. The van der Waals surface area contributed by atoms with Crippen LogP contribution in [0.1, 0.15) is 36.0 Å². The van der Waals surface area contributed by atoms with Crippen molar-refractivity contribution < 1.29 is 33.3 Å². The molecular formula is C36H43ClN4O7. The molecule has 1 aliphatic carbocycles. The van der Waals surface area contributed by atoms with Crippen molar-refractivity contribution in [2.45, 2.75) is 50.9 Å². The highest BCUT2D eigenvalue weighted by molar-refractivity contribution is 6.31. The van der Waals surface area contributed by atoms with Gasteiger partial charge in [0.25, 0.3) is 0 Å². The number of carbonyl (C=O) groups excluding carboxylic acids is 3. The van der Waals surface area contributed by atoms with Crippen molar-refractivity contribution in [2.75, 3.05) is 52.0 Å². The Hall–Kier alpha value is -4.32. The van der Waals surface area contributed by atoms with Gasteiger partial charge in [0.15, 0.2) is 0 Å². The molecule has 0 unspecified atom stereocenters. The molecule has 1 atom stereocenters. The molecule has 2 aliphatic rings. The number of para-hydroxylation sites is 1. The number of hydrogen-bond acceptors (Lipinski definition) is 8. The van der Waals surface area contributed by atoms with Crippen LogP contribution in [-0.2, 0) is 38.6 Å². The van der Waals surface area contributed by atoms with Gasteiger partial charge in [0.05, 0.1) is 40.6 Å². The van der Waals surface area contributed by atoms with Crippen LogP contribution in [0, 0.1) is 0 Å². The van der Waals surface area contributed by atoms with Gasteiger partial charge in [-0.05, 0) is 66.8 Å². The third-order valence-corrected chi connectivity index (χ3v) is 8.70. The van der Waals surface area contributed by atoms with Gasteiger partial charge in [-0.2, -0.15) is 0 Å². The van der Waals surface area contributed by atoms with Gasteiger partial charge in [0, 0.05) is 48.4 Å². The molecule has 11 nitrogen and oxygen atoms in total. The van der Waals surface area contributed by atoms with Gasteiger partial charge in [-0.15, -0.1) is 0 Å². The van der Waals surface area contributed by atoms with Gasteiger partial charge in [0.1, 0.15) is 17.5 Å². The van der Waals surface area contributed by atoms with E-state index < -0.39 is 12.1 Å². The molecule has 0 radical (unpaired) electrons. The number of nitrogens with zero attached hydrogens (tertiary/aromatic N) is 2. The molecule has 5 rings (SSSR count). The van der Waals surface area contributed by atoms with E-state index in [1.165, 1.54) is 7.11 Å². The minimum absolute atomic E-state index is 0.0894. The largest absolute Gasteiger partial charge is 0.496 e. The highest BCUT2D eigenvalue weighted by atomic mass is 35.5. The molecule has 48 heavy (non-hydrogen) atoms. The molecule has 3 amide bonds. The number of benzene rings is 3. The van der Waals surface area contributed by atoms with Crippen molar-refractivity contribution in [3.63, 3.8) is 0 Å². The lowest BCUT2D eigenvalue weighted by molar-refractivity contribution is -0.136. The summed E-state index contributed by atoms with van der Waals surface area (Å²) in [7, 11) is 2.97. The summed E-state index contributed by atoms with van der Waals surface area (Å²) in [5.41, 5.74) is 3.44. The second kappa shape index (κ2) is 17.2. The number of nitrogens with one attached hydrogen (secondary N) is 2. The maximum Gasteiger partial charge on any atom is 0.406 e. The van der Waals surface area contributed by atoms with Gasteiger partial charge >= 0.3 is 6.09 Å². The summed E-state index contributed by atoms with van der Waals surface area (Å²) >= 11 is 6.60. The molecular weight excluding hydrogens is 636 g/mol. The molecule has 1 heterocycles. The Bertz CT molecular complexity index is 1550. The first kappa shape index (κ1) is 35.0. The fourth-order valence-corrected chi connectivity index (χ4v) is 5.86. The molecule has 12 heteroatoms. The molecule has 0 bridgehead atoms. The predicted molar refractivity (Wildman–Crippen MR) is 182 cm³/mol. The number of alkyl carbamates (subject to hydrolysis) is 1. The number of methoxy groups -OCH3 is 2. The van der Waals surface area contributed by atoms with Gasteiger partial charge in [0.2, 0.25) is 11.8 Å². The maximum atomic E-state index is 14.2. The SMILES string of the molecule is COC(=O)NCCc1ccc(Cl)c(CN(C(=O)[C@H]2CNCC(=O)N2c2ccc(OCCCOCc3ccccc3OC)cc2)C2CC2)c1. The molecule has 3 aromatic carbocycles. The van der Waals surface area contributed by atoms with Crippen LogP contribution < -0.4 is 25.0 Å². The van der Waals surface area contributed by atoms with Crippen molar-refractivity contribution in [2.24, 2.45) is 0 Å². The number of piperazine rings is 1. The van der Waals surface area contributed by atoms with E-state index in [-0.39, 0.29) is 24.4 Å². The number of anilines is 1. The second-order valence-electron chi connectivity index (χ2n) is 11.8. The fraction of sp³-hybridized carbons (Fsp3) is 0.417. The van der Waals surface area contributed by atoms with E-state index in [2.05, 4.69) is 15.4 Å². The van der Waals surface area contributed by atoms with Crippen LogP contribution in [-0.4, -0.2) is 82.0 Å². The lowest BCUT2D eigenvalue weighted by Gasteiger charge is -2.38. The van der Waals surface area contributed by atoms with E-state index in [4.69, 9.17) is 25.8 Å². The molecule has 0 aromatic heterocycles. The van der Waals surface area contributed by atoms with Gasteiger partial charge in [-0.25, -0.2) is 4.79 Å². The van der Waals surface area contributed by atoms with E-state index in [0.717, 1.165) is 35.3 Å². The van der Waals surface area contributed by atoms with E-state index in [1.54, 1.807) is 12.0 Å². The average Bonchev–Trinajstić information content (AvgIpc) is 3.95. The smallest absolute Gasteiger partial charge is 0.406 e. The highest BCUT2D eigenvalue weighted by Crippen LogP contribution is 2.33. The summed E-state index contributed by atoms with van der Waals surface area (Å²) in [5, 5.41) is 6.36. The van der Waals surface area contributed by atoms with Crippen LogP contribution >= 0.6 is 11.6 Å². The molecule has 0 spiro atoms. The Morgan fingerprint density at radius 2 is 1.81 bits per heavy atom. The van der Waals surface area contributed by atoms with E-state index in [0.29, 0.717) is 68.8 Å². The number of amides is 3. The van der Waals surface area contributed by atoms with Crippen molar-refractivity contribution >= 4 is 35.2 Å². The lowest BCUT2D eigenvalue weighted by atomic mass is 10.1. The number of hydrogen-bond donors (Lipinski definition) is 2. The lowest BCUT2D eigenvalue weighted by Crippen LogP contribution is -2.61. The first-order chi connectivity index (χ1) is 23.4. The molecule has 1 aliphatic heterocycles. The number of rotatable bonds is 16. The molecule has 2 N–H and O–H groups in total. The molecule has 2 fully saturated rings. The quantitative estimate of drug-likeness (QED) is 0.209. The molecule has 3 aromatic rings.